The average Bonchev–Trinajstić information content (AvgIpc) is 2.08. The maximum Gasteiger partial charge on any atom is 1.00 e. The molecule has 0 aliphatic rings. The third kappa shape index (κ3) is 6.20. The molecule has 0 saturated carbocycles. The number of carboxylic acids is 1. The van der Waals surface area contributed by atoms with Crippen molar-refractivity contribution in [2.24, 2.45) is 0 Å². The summed E-state index contributed by atoms with van der Waals surface area (Å²) in [5.74, 6) is -1.31. The van der Waals surface area contributed by atoms with Crippen LogP contribution >= 0.6 is 11.9 Å². The average molecular weight is 230 g/mol. The molecule has 5 nitrogen and oxygen atoms in total. The third-order valence-corrected chi connectivity index (χ3v) is 1.13. The Hall–Kier alpha value is -0.300. The molecule has 0 aliphatic heterocycles. The van der Waals surface area contributed by atoms with E-state index in [1.54, 1.807) is 12.1 Å². The normalized spacial score (nSPS) is 7.00. The number of hydrogen-bond donors (Lipinski definition) is 3. The molecule has 0 fully saturated rings. The van der Waals surface area contributed by atoms with Gasteiger partial charge in [0.25, 0.3) is 0 Å². The van der Waals surface area contributed by atoms with Gasteiger partial charge in [-0.3, -0.25) is 0 Å². The van der Waals surface area contributed by atoms with Crippen LogP contribution in [-0.4, -0.2) is 16.2 Å². The molecule has 7 heteroatoms. The Bertz CT molecular complexity index is 272. The van der Waals surface area contributed by atoms with Crippen LogP contribution in [0, 0.1) is 0 Å². The number of aromatic hydroxyl groups is 1. The predicted molar refractivity (Wildman–Crippen MR) is 45.9 cm³/mol. The topological polar surface area (TPSA) is 116 Å². The van der Waals surface area contributed by atoms with E-state index >= 15 is 0 Å². The molecule has 0 radical (unpaired) electrons. The van der Waals surface area contributed by atoms with Gasteiger partial charge in [0.05, 0.1) is 0 Å². The van der Waals surface area contributed by atoms with Crippen LogP contribution in [0.3, 0.4) is 0 Å². The minimum absolute atomic E-state index is 0. The van der Waals surface area contributed by atoms with E-state index in [1.165, 1.54) is 12.1 Å². The van der Waals surface area contributed by atoms with Crippen molar-refractivity contribution in [1.82, 2.24) is 6.15 Å². The molecular formula is C7H9ClNNaO4. The second-order valence-corrected chi connectivity index (χ2v) is 1.82. The van der Waals surface area contributed by atoms with E-state index in [1.807, 2.05) is 0 Å². The monoisotopic (exact) mass is 229 g/mol. The van der Waals surface area contributed by atoms with E-state index in [9.17, 15) is 4.79 Å². The van der Waals surface area contributed by atoms with E-state index < -0.39 is 5.97 Å². The summed E-state index contributed by atoms with van der Waals surface area (Å²) in [7, 11) is 0. The van der Waals surface area contributed by atoms with E-state index in [-0.39, 0.29) is 47.0 Å². The van der Waals surface area contributed by atoms with E-state index in [0.29, 0.717) is 0 Å². The van der Waals surface area contributed by atoms with Gasteiger partial charge in [-0.15, -0.1) is 0 Å². The predicted octanol–water partition coefficient (Wildman–Crippen LogP) is -2.24. The number of carboxylic acid groups (broad SMARTS) is 1. The van der Waals surface area contributed by atoms with Gasteiger partial charge < -0.3 is 21.0 Å². The van der Waals surface area contributed by atoms with Crippen LogP contribution in [0.1, 0.15) is 10.4 Å². The number of aromatic carboxylic acids is 1. The SMILES string of the molecule is N.O=C(O)c1ccccc1O.[Na+].[O-]Cl. The van der Waals surface area contributed by atoms with Gasteiger partial charge in [-0.2, -0.15) is 0 Å². The maximum atomic E-state index is 10.3. The standard InChI is InChI=1S/C7H6O3.ClO.H3N.Na/c8-6-4-2-1-3-5(6)7(9)10;1-2;;/h1-4,8H,(H,9,10);;1H3;/q;-1;;+1. The number of hydrogen-bond acceptors (Lipinski definition) is 4. The summed E-state index contributed by atoms with van der Waals surface area (Å²) < 4.78 is 7.72. The summed E-state index contributed by atoms with van der Waals surface area (Å²) in [4.78, 5) is 10.3. The van der Waals surface area contributed by atoms with Crippen molar-refractivity contribution in [2.45, 2.75) is 0 Å². The number of para-hydroxylation sites is 1. The smallest absolute Gasteiger partial charge is 0.769 e. The molecule has 0 spiro atoms. The molecule has 0 heterocycles. The fourth-order valence-electron chi connectivity index (χ4n) is 0.654. The fraction of sp³-hybridized carbons (Fsp3) is 0. The summed E-state index contributed by atoms with van der Waals surface area (Å²) in [6, 6.07) is 5.81. The summed E-state index contributed by atoms with van der Waals surface area (Å²) in [5, 5.41) is 17.3. The van der Waals surface area contributed by atoms with Crippen LogP contribution in [0.2, 0.25) is 0 Å². The van der Waals surface area contributed by atoms with Crippen molar-refractivity contribution in [3.63, 3.8) is 0 Å². The first-order chi connectivity index (χ1) is 5.72. The first kappa shape index (κ1) is 19.3. The minimum atomic E-state index is -1.11. The molecule has 0 aliphatic carbocycles. The molecule has 0 amide bonds. The van der Waals surface area contributed by atoms with Crippen LogP contribution in [0.25, 0.3) is 0 Å². The molecule has 0 saturated heterocycles. The van der Waals surface area contributed by atoms with Gasteiger partial charge >= 0.3 is 35.5 Å². The molecular weight excluding hydrogens is 221 g/mol. The third-order valence-electron chi connectivity index (χ3n) is 1.13. The van der Waals surface area contributed by atoms with Crippen LogP contribution in [0.4, 0.5) is 0 Å². The molecule has 0 atom stereocenters. The van der Waals surface area contributed by atoms with Gasteiger partial charge in [0.1, 0.15) is 11.3 Å². The van der Waals surface area contributed by atoms with Crippen LogP contribution in [0.15, 0.2) is 24.3 Å². The second-order valence-electron chi connectivity index (χ2n) is 1.82. The Morgan fingerprint density at radius 3 is 2.00 bits per heavy atom. The van der Waals surface area contributed by atoms with Gasteiger partial charge in [0.2, 0.25) is 0 Å². The number of rotatable bonds is 1. The van der Waals surface area contributed by atoms with Crippen molar-refractivity contribution in [3.05, 3.63) is 29.8 Å². The molecule has 0 unspecified atom stereocenters. The number of phenols is 1. The molecule has 5 N–H and O–H groups in total. The first-order valence-electron chi connectivity index (χ1n) is 2.88. The zero-order chi connectivity index (χ0) is 9.56. The molecule has 74 valence electrons. The van der Waals surface area contributed by atoms with E-state index in [2.05, 4.69) is 11.9 Å². The Morgan fingerprint density at radius 2 is 1.71 bits per heavy atom. The molecule has 0 bridgehead atoms. The molecule has 14 heavy (non-hydrogen) atoms. The number of carbonyl (C=O) groups is 1. The Balaban J connectivity index is -0.000000284. The van der Waals surface area contributed by atoms with Crippen LogP contribution in [-0.2, 0) is 0 Å². The van der Waals surface area contributed by atoms with Crippen molar-refractivity contribution in [2.75, 3.05) is 0 Å². The molecule has 0 aromatic heterocycles. The van der Waals surface area contributed by atoms with Crippen molar-refractivity contribution < 1.29 is 49.2 Å². The van der Waals surface area contributed by atoms with E-state index in [4.69, 9.17) is 14.9 Å². The largest absolute Gasteiger partial charge is 1.00 e. The minimum Gasteiger partial charge on any atom is -0.769 e. The van der Waals surface area contributed by atoms with Crippen molar-refractivity contribution in [1.29, 1.82) is 0 Å². The zero-order valence-corrected chi connectivity index (χ0v) is 10.4. The second kappa shape index (κ2) is 10.8. The van der Waals surface area contributed by atoms with Crippen LogP contribution in [0.5, 0.6) is 5.75 Å². The zero-order valence-electron chi connectivity index (χ0n) is 7.61. The van der Waals surface area contributed by atoms with E-state index in [0.717, 1.165) is 0 Å². The Kier molecular flexibility index (Phi) is 14.9. The van der Waals surface area contributed by atoms with Gasteiger partial charge in [0.15, 0.2) is 0 Å². The summed E-state index contributed by atoms with van der Waals surface area (Å²) >= 11 is 3.39. The summed E-state index contributed by atoms with van der Waals surface area (Å²) in [6.07, 6.45) is 0. The molecule has 1 rings (SSSR count). The first-order valence-corrected chi connectivity index (χ1v) is 3.19. The van der Waals surface area contributed by atoms with Gasteiger partial charge in [-0.05, 0) is 12.1 Å². The fourth-order valence-corrected chi connectivity index (χ4v) is 0.654. The summed E-state index contributed by atoms with van der Waals surface area (Å²) in [6.45, 7) is 0. The van der Waals surface area contributed by atoms with Crippen molar-refractivity contribution >= 4 is 17.8 Å². The maximum absolute atomic E-state index is 10.3. The van der Waals surface area contributed by atoms with Crippen molar-refractivity contribution in [3.8, 4) is 5.75 Å². The number of halogens is 1. The quantitative estimate of drug-likeness (QED) is 0.471. The number of benzene rings is 1. The Labute approximate surface area is 108 Å². The Morgan fingerprint density at radius 1 is 1.29 bits per heavy atom. The van der Waals surface area contributed by atoms with Gasteiger partial charge in [-0.25, -0.2) is 16.7 Å². The van der Waals surface area contributed by atoms with Gasteiger partial charge in [-0.1, -0.05) is 12.1 Å². The molecule has 1 aromatic carbocycles. The summed E-state index contributed by atoms with van der Waals surface area (Å²) in [5.41, 5.74) is -0.0671. The van der Waals surface area contributed by atoms with Gasteiger partial charge in [0, 0.05) is 0 Å². The molecule has 1 aromatic rings. The van der Waals surface area contributed by atoms with Crippen LogP contribution < -0.4 is 40.4 Å².